The van der Waals surface area contributed by atoms with Gasteiger partial charge in [-0.1, -0.05) is 23.4 Å². The maximum Gasteiger partial charge on any atom is 0.209 e. The molecule has 8 heteroatoms. The molecule has 2 rings (SSSR count). The van der Waals surface area contributed by atoms with Crippen LogP contribution in [0.15, 0.2) is 17.3 Å². The standard InChI is InChI=1S/C13H14ClN3O3S/c1-7(18)6-21-13-15-12(16-17-13)8-4-5-9(19-2)11(20-3)10(8)14/h4-5H,6H2,1-3H3,(H,15,16,17). The average molecular weight is 328 g/mol. The van der Waals surface area contributed by atoms with Crippen LogP contribution in [-0.4, -0.2) is 40.9 Å². The van der Waals surface area contributed by atoms with Crippen molar-refractivity contribution >= 4 is 29.1 Å². The highest BCUT2D eigenvalue weighted by molar-refractivity contribution is 7.99. The number of H-pyrrole nitrogens is 1. The fraction of sp³-hybridized carbons (Fsp3) is 0.308. The van der Waals surface area contributed by atoms with Crippen LogP contribution in [0.25, 0.3) is 11.4 Å². The molecule has 112 valence electrons. The summed E-state index contributed by atoms with van der Waals surface area (Å²) < 4.78 is 10.4. The molecule has 0 spiro atoms. The SMILES string of the molecule is COc1ccc(-c2nc(SCC(C)=O)n[nH]2)c(Cl)c1OC. The van der Waals surface area contributed by atoms with Crippen LogP contribution in [0.1, 0.15) is 6.92 Å². The molecule has 0 saturated carbocycles. The van der Waals surface area contributed by atoms with Crippen molar-refractivity contribution in [1.82, 2.24) is 15.2 Å². The number of rotatable bonds is 6. The van der Waals surface area contributed by atoms with Crippen LogP contribution in [0.2, 0.25) is 5.02 Å². The minimum Gasteiger partial charge on any atom is -0.493 e. The summed E-state index contributed by atoms with van der Waals surface area (Å²) in [5.41, 5.74) is 0.650. The highest BCUT2D eigenvalue weighted by Gasteiger charge is 2.17. The quantitative estimate of drug-likeness (QED) is 0.822. The Labute approximate surface area is 131 Å². The first-order valence-corrected chi connectivity index (χ1v) is 7.38. The molecule has 2 aromatic rings. The van der Waals surface area contributed by atoms with E-state index in [-0.39, 0.29) is 5.78 Å². The van der Waals surface area contributed by atoms with Crippen molar-refractivity contribution < 1.29 is 14.3 Å². The molecule has 6 nitrogen and oxygen atoms in total. The van der Waals surface area contributed by atoms with Gasteiger partial charge in [0, 0.05) is 5.56 Å². The lowest BCUT2D eigenvalue weighted by atomic mass is 10.2. The molecule has 0 bridgehead atoms. The molecule has 0 aliphatic rings. The van der Waals surface area contributed by atoms with Gasteiger partial charge >= 0.3 is 0 Å². The molecule has 1 aromatic carbocycles. The van der Waals surface area contributed by atoms with E-state index in [1.165, 1.54) is 25.8 Å². The molecule has 0 atom stereocenters. The number of hydrogen-bond acceptors (Lipinski definition) is 6. The van der Waals surface area contributed by atoms with Crippen LogP contribution < -0.4 is 9.47 Å². The van der Waals surface area contributed by atoms with Gasteiger partial charge < -0.3 is 9.47 Å². The Balaban J connectivity index is 2.32. The lowest BCUT2D eigenvalue weighted by Crippen LogP contribution is -1.94. The Hall–Kier alpha value is -1.73. The number of ether oxygens (including phenoxy) is 2. The zero-order valence-corrected chi connectivity index (χ0v) is 13.3. The minimum absolute atomic E-state index is 0.0653. The molecule has 0 aliphatic carbocycles. The number of nitrogens with zero attached hydrogens (tertiary/aromatic N) is 2. The van der Waals surface area contributed by atoms with Crippen LogP contribution in [0.4, 0.5) is 0 Å². The number of ketones is 1. The number of halogens is 1. The Kier molecular flexibility index (Phi) is 5.08. The summed E-state index contributed by atoms with van der Waals surface area (Å²) in [5.74, 6) is 1.88. The molecule has 0 saturated heterocycles. The number of Topliss-reactive ketones (excluding diaryl/α,β-unsaturated/α-hetero) is 1. The van der Waals surface area contributed by atoms with E-state index in [0.717, 1.165) is 0 Å². The summed E-state index contributed by atoms with van der Waals surface area (Å²) in [5, 5.41) is 7.73. The molecule has 0 fully saturated rings. The third-order valence-electron chi connectivity index (χ3n) is 2.61. The molecular formula is C13H14ClN3O3S. The van der Waals surface area contributed by atoms with Crippen molar-refractivity contribution in [3.05, 3.63) is 17.2 Å². The molecule has 1 heterocycles. The van der Waals surface area contributed by atoms with Gasteiger partial charge in [-0.2, -0.15) is 0 Å². The van der Waals surface area contributed by atoms with Crippen molar-refractivity contribution in [3.63, 3.8) is 0 Å². The van der Waals surface area contributed by atoms with Crippen LogP contribution in [0.5, 0.6) is 11.5 Å². The third kappa shape index (κ3) is 3.48. The van der Waals surface area contributed by atoms with Gasteiger partial charge in [0.25, 0.3) is 0 Å². The van der Waals surface area contributed by atoms with Gasteiger partial charge in [-0.25, -0.2) is 4.98 Å². The van der Waals surface area contributed by atoms with Gasteiger partial charge in [-0.3, -0.25) is 9.89 Å². The minimum atomic E-state index is 0.0653. The number of hydrogen-bond donors (Lipinski definition) is 1. The lowest BCUT2D eigenvalue weighted by Gasteiger charge is -2.11. The molecule has 0 amide bonds. The van der Waals surface area contributed by atoms with E-state index < -0.39 is 0 Å². The van der Waals surface area contributed by atoms with Gasteiger partial charge in [0.1, 0.15) is 5.78 Å². The maximum absolute atomic E-state index is 11.0. The van der Waals surface area contributed by atoms with Gasteiger partial charge in [-0.05, 0) is 19.1 Å². The zero-order valence-electron chi connectivity index (χ0n) is 11.8. The van der Waals surface area contributed by atoms with E-state index in [0.29, 0.717) is 38.8 Å². The number of aromatic amines is 1. The van der Waals surface area contributed by atoms with Gasteiger partial charge in [0.2, 0.25) is 5.16 Å². The average Bonchev–Trinajstić information content (AvgIpc) is 2.93. The first-order chi connectivity index (χ1) is 10.1. The predicted molar refractivity (Wildman–Crippen MR) is 81.3 cm³/mol. The number of carbonyl (C=O) groups is 1. The Bertz CT molecular complexity index is 660. The first-order valence-electron chi connectivity index (χ1n) is 6.02. The lowest BCUT2D eigenvalue weighted by molar-refractivity contribution is -0.114. The second-order valence-corrected chi connectivity index (χ2v) is 5.44. The molecule has 0 radical (unpaired) electrons. The highest BCUT2D eigenvalue weighted by Crippen LogP contribution is 2.40. The summed E-state index contributed by atoms with van der Waals surface area (Å²) in [6.45, 7) is 1.52. The fourth-order valence-electron chi connectivity index (χ4n) is 1.67. The summed E-state index contributed by atoms with van der Waals surface area (Å²) in [6.07, 6.45) is 0. The predicted octanol–water partition coefficient (Wildman–Crippen LogP) is 2.82. The first kappa shape index (κ1) is 15.7. The van der Waals surface area contributed by atoms with E-state index >= 15 is 0 Å². The second kappa shape index (κ2) is 6.82. The largest absolute Gasteiger partial charge is 0.493 e. The third-order valence-corrected chi connectivity index (χ3v) is 3.98. The number of methoxy groups -OCH3 is 2. The normalized spacial score (nSPS) is 10.5. The van der Waals surface area contributed by atoms with Gasteiger partial charge in [0.15, 0.2) is 17.3 Å². The second-order valence-electron chi connectivity index (χ2n) is 4.12. The zero-order chi connectivity index (χ0) is 15.4. The van der Waals surface area contributed by atoms with Gasteiger partial charge in [-0.15, -0.1) is 5.10 Å². The summed E-state index contributed by atoms with van der Waals surface area (Å²) in [7, 11) is 3.06. The molecule has 0 unspecified atom stereocenters. The molecule has 21 heavy (non-hydrogen) atoms. The topological polar surface area (TPSA) is 77.1 Å². The number of carbonyl (C=O) groups excluding carboxylic acids is 1. The van der Waals surface area contributed by atoms with Crippen LogP contribution in [-0.2, 0) is 4.79 Å². The van der Waals surface area contributed by atoms with Crippen LogP contribution in [0.3, 0.4) is 0 Å². The number of nitrogens with one attached hydrogen (secondary N) is 1. The monoisotopic (exact) mass is 327 g/mol. The van der Waals surface area contributed by atoms with E-state index in [1.54, 1.807) is 19.2 Å². The van der Waals surface area contributed by atoms with Gasteiger partial charge in [0.05, 0.1) is 25.0 Å². The Morgan fingerprint density at radius 3 is 2.76 bits per heavy atom. The van der Waals surface area contributed by atoms with E-state index in [9.17, 15) is 4.79 Å². The molecule has 1 aromatic heterocycles. The van der Waals surface area contributed by atoms with Crippen molar-refractivity contribution in [2.75, 3.05) is 20.0 Å². The van der Waals surface area contributed by atoms with Crippen molar-refractivity contribution in [3.8, 4) is 22.9 Å². The highest BCUT2D eigenvalue weighted by atomic mass is 35.5. The Morgan fingerprint density at radius 2 is 2.14 bits per heavy atom. The van der Waals surface area contributed by atoms with Crippen molar-refractivity contribution in [1.29, 1.82) is 0 Å². The van der Waals surface area contributed by atoms with Crippen LogP contribution >= 0.6 is 23.4 Å². The fourth-order valence-corrected chi connectivity index (χ4v) is 2.59. The summed E-state index contributed by atoms with van der Waals surface area (Å²) in [4.78, 5) is 15.3. The molecule has 1 N–H and O–H groups in total. The number of thioether (sulfide) groups is 1. The number of aromatic nitrogens is 3. The smallest absolute Gasteiger partial charge is 0.209 e. The molecular weight excluding hydrogens is 314 g/mol. The Morgan fingerprint density at radius 1 is 1.38 bits per heavy atom. The summed E-state index contributed by atoms with van der Waals surface area (Å²) >= 11 is 7.58. The van der Waals surface area contributed by atoms with E-state index in [1.807, 2.05) is 0 Å². The van der Waals surface area contributed by atoms with E-state index in [2.05, 4.69) is 15.2 Å². The van der Waals surface area contributed by atoms with E-state index in [4.69, 9.17) is 21.1 Å². The van der Waals surface area contributed by atoms with Crippen molar-refractivity contribution in [2.45, 2.75) is 12.1 Å². The molecule has 0 aliphatic heterocycles. The summed E-state index contributed by atoms with van der Waals surface area (Å²) in [6, 6.07) is 3.51. The van der Waals surface area contributed by atoms with Crippen LogP contribution in [0, 0.1) is 0 Å². The number of benzene rings is 1. The van der Waals surface area contributed by atoms with Crippen molar-refractivity contribution in [2.24, 2.45) is 0 Å². The maximum atomic E-state index is 11.0.